The second-order valence-electron chi connectivity index (χ2n) is 7.18. The van der Waals surface area contributed by atoms with E-state index in [1.165, 1.54) is 11.0 Å². The highest BCUT2D eigenvalue weighted by Gasteiger charge is 2.14. The number of hydrogen-bond acceptors (Lipinski definition) is 8. The third kappa shape index (κ3) is 4.54. The van der Waals surface area contributed by atoms with Gasteiger partial charge in [0.1, 0.15) is 24.4 Å². The normalized spacial score (nSPS) is 11.9. The van der Waals surface area contributed by atoms with Gasteiger partial charge in [-0.15, -0.1) is 0 Å². The number of likely N-dealkylation sites (N-methyl/N-ethyl adjacent to an activating group) is 1. The van der Waals surface area contributed by atoms with E-state index in [-0.39, 0.29) is 18.0 Å². The molecule has 1 atom stereocenters. The molecule has 1 unspecified atom stereocenters. The second-order valence-corrected chi connectivity index (χ2v) is 7.18. The molecule has 30 heavy (non-hydrogen) atoms. The predicted molar refractivity (Wildman–Crippen MR) is 115 cm³/mol. The van der Waals surface area contributed by atoms with Crippen molar-refractivity contribution in [2.24, 2.45) is 0 Å². The molecule has 0 saturated heterocycles. The minimum Gasteiger partial charge on any atom is -0.374 e. The summed E-state index contributed by atoms with van der Waals surface area (Å²) < 4.78 is 1.14. The minimum absolute atomic E-state index is 0.138. The zero-order valence-corrected chi connectivity index (χ0v) is 17.6. The van der Waals surface area contributed by atoms with Crippen LogP contribution in [0.4, 0.5) is 17.3 Å². The van der Waals surface area contributed by atoms with Crippen LogP contribution in [0.1, 0.15) is 12.7 Å². The van der Waals surface area contributed by atoms with Gasteiger partial charge < -0.3 is 20.2 Å². The molecule has 3 rings (SSSR count). The summed E-state index contributed by atoms with van der Waals surface area (Å²) in [5.74, 6) is 1.39. The van der Waals surface area contributed by atoms with Gasteiger partial charge >= 0.3 is 0 Å². The molecule has 2 aromatic heterocycles. The lowest BCUT2D eigenvalue weighted by molar-refractivity contribution is -0.129. The number of carbonyl (C=O) groups excluding carboxylic acids is 1. The van der Waals surface area contributed by atoms with E-state index in [2.05, 4.69) is 20.4 Å². The van der Waals surface area contributed by atoms with Gasteiger partial charge in [0.05, 0.1) is 5.52 Å². The van der Waals surface area contributed by atoms with Gasteiger partial charge in [-0.25, -0.2) is 14.6 Å². The molecule has 0 aliphatic carbocycles. The fourth-order valence-electron chi connectivity index (χ4n) is 2.88. The van der Waals surface area contributed by atoms with E-state index in [1.807, 2.05) is 25.2 Å². The molecule has 2 heterocycles. The number of anilines is 3. The maximum Gasteiger partial charge on any atom is 0.267 e. The summed E-state index contributed by atoms with van der Waals surface area (Å²) >= 11 is 0. The van der Waals surface area contributed by atoms with Gasteiger partial charge in [-0.05, 0) is 38.1 Å². The molecule has 0 aliphatic rings. The van der Waals surface area contributed by atoms with E-state index >= 15 is 0 Å². The fraction of sp³-hybridized carbons (Fsp3) is 0.350. The first-order chi connectivity index (χ1) is 14.2. The first kappa shape index (κ1) is 21.2. The molecule has 158 valence electrons. The zero-order valence-electron chi connectivity index (χ0n) is 17.6. The third-order valence-corrected chi connectivity index (χ3v) is 4.50. The summed E-state index contributed by atoms with van der Waals surface area (Å²) in [6.45, 7) is 3.26. The van der Waals surface area contributed by atoms with E-state index in [4.69, 9.17) is 0 Å². The number of aromatic nitrogens is 4. The minimum atomic E-state index is -0.775. The number of benzene rings is 1. The molecule has 2 N–H and O–H groups in total. The Hall–Kier alpha value is -3.53. The number of hydrogen-bond donors (Lipinski definition) is 2. The number of amides is 1. The monoisotopic (exact) mass is 411 g/mol. The lowest BCUT2D eigenvalue weighted by Gasteiger charge is -2.20. The highest BCUT2D eigenvalue weighted by Crippen LogP contribution is 2.28. The van der Waals surface area contributed by atoms with Crippen molar-refractivity contribution >= 4 is 34.1 Å². The molecule has 1 aromatic carbocycles. The second kappa shape index (κ2) is 8.46. The molecule has 0 spiro atoms. The van der Waals surface area contributed by atoms with Crippen molar-refractivity contribution in [2.75, 3.05) is 31.4 Å². The number of rotatable bonds is 6. The number of nitrogens with zero attached hydrogens (tertiary/aromatic N) is 6. The SMILES string of the molecule is Cc1nc(NC(C)O)c2cc(N(C)c3ccc(=O)n(CC(=O)N(C)C)n3)ccc2n1. The van der Waals surface area contributed by atoms with Crippen LogP contribution in [0.5, 0.6) is 0 Å². The van der Waals surface area contributed by atoms with Gasteiger partial charge in [-0.3, -0.25) is 9.59 Å². The Kier molecular flexibility index (Phi) is 5.97. The average Bonchev–Trinajstić information content (AvgIpc) is 2.68. The lowest BCUT2D eigenvalue weighted by Crippen LogP contribution is -2.33. The molecule has 0 fully saturated rings. The maximum atomic E-state index is 12.1. The van der Waals surface area contributed by atoms with Crippen molar-refractivity contribution in [1.29, 1.82) is 0 Å². The number of aryl methyl sites for hydroxylation is 1. The molecule has 0 bridgehead atoms. The molecule has 0 radical (unpaired) electrons. The van der Waals surface area contributed by atoms with E-state index < -0.39 is 6.23 Å². The van der Waals surface area contributed by atoms with Gasteiger partial charge in [0.2, 0.25) is 5.91 Å². The fourth-order valence-corrected chi connectivity index (χ4v) is 2.88. The summed E-state index contributed by atoms with van der Waals surface area (Å²) in [7, 11) is 5.06. The van der Waals surface area contributed by atoms with Gasteiger partial charge in [-0.1, -0.05) is 0 Å². The first-order valence-corrected chi connectivity index (χ1v) is 9.41. The topological polar surface area (TPSA) is 116 Å². The Labute approximate surface area is 173 Å². The van der Waals surface area contributed by atoms with E-state index in [1.54, 1.807) is 38.9 Å². The lowest BCUT2D eigenvalue weighted by atomic mass is 10.2. The average molecular weight is 411 g/mol. The van der Waals surface area contributed by atoms with Crippen LogP contribution in [0.15, 0.2) is 35.1 Å². The Morgan fingerprint density at radius 1 is 1.20 bits per heavy atom. The number of nitrogens with one attached hydrogen (secondary N) is 1. The van der Waals surface area contributed by atoms with Gasteiger partial charge in [0, 0.05) is 38.3 Å². The Bertz CT molecular complexity index is 1140. The molecular formula is C20H25N7O3. The standard InChI is InChI=1S/C20H25N7O3/c1-12-21-16-7-6-14(10-15(16)20(22-12)23-13(2)28)26(5)17-8-9-18(29)27(24-17)11-19(30)25(3)4/h6-10,13,28H,11H2,1-5H3,(H,21,22,23). The Balaban J connectivity index is 2.00. The van der Waals surface area contributed by atoms with Crippen molar-refractivity contribution in [2.45, 2.75) is 26.6 Å². The zero-order chi connectivity index (χ0) is 22.0. The molecule has 1 amide bonds. The molecule has 10 nitrogen and oxygen atoms in total. The van der Waals surface area contributed by atoms with Crippen molar-refractivity contribution in [3.8, 4) is 0 Å². The van der Waals surface area contributed by atoms with Gasteiger partial charge in [0.25, 0.3) is 5.56 Å². The van der Waals surface area contributed by atoms with Crippen LogP contribution >= 0.6 is 0 Å². The first-order valence-electron chi connectivity index (χ1n) is 9.41. The van der Waals surface area contributed by atoms with Crippen molar-refractivity contribution in [1.82, 2.24) is 24.6 Å². The highest BCUT2D eigenvalue weighted by molar-refractivity contribution is 5.92. The maximum absolute atomic E-state index is 12.1. The summed E-state index contributed by atoms with van der Waals surface area (Å²) in [6, 6.07) is 8.60. The molecule has 0 saturated carbocycles. The number of fused-ring (bicyclic) bond motifs is 1. The quantitative estimate of drug-likeness (QED) is 0.579. The third-order valence-electron chi connectivity index (χ3n) is 4.50. The van der Waals surface area contributed by atoms with Crippen molar-refractivity contribution in [3.05, 3.63) is 46.5 Å². The van der Waals surface area contributed by atoms with E-state index in [0.717, 1.165) is 21.3 Å². The molecule has 0 aliphatic heterocycles. The largest absolute Gasteiger partial charge is 0.374 e. The van der Waals surface area contributed by atoms with Crippen LogP contribution < -0.4 is 15.8 Å². The summed E-state index contributed by atoms with van der Waals surface area (Å²) in [6.07, 6.45) is -0.775. The van der Waals surface area contributed by atoms with Crippen LogP contribution in [0.2, 0.25) is 0 Å². The summed E-state index contributed by atoms with van der Waals surface area (Å²) in [4.78, 5) is 36.1. The Morgan fingerprint density at radius 2 is 1.93 bits per heavy atom. The van der Waals surface area contributed by atoms with Crippen LogP contribution in [-0.4, -0.2) is 63.0 Å². The molecular weight excluding hydrogens is 386 g/mol. The van der Waals surface area contributed by atoms with Crippen LogP contribution in [0.3, 0.4) is 0 Å². The number of aliphatic hydroxyl groups excluding tert-OH is 1. The van der Waals surface area contributed by atoms with Gasteiger partial charge in [0.15, 0.2) is 5.82 Å². The van der Waals surface area contributed by atoms with Crippen molar-refractivity contribution in [3.63, 3.8) is 0 Å². The number of aliphatic hydroxyl groups is 1. The van der Waals surface area contributed by atoms with E-state index in [9.17, 15) is 14.7 Å². The molecule has 10 heteroatoms. The predicted octanol–water partition coefficient (Wildman–Crippen LogP) is 1.10. The van der Waals surface area contributed by atoms with Crippen LogP contribution in [0, 0.1) is 6.92 Å². The van der Waals surface area contributed by atoms with Crippen LogP contribution in [0.25, 0.3) is 10.9 Å². The number of carbonyl (C=O) groups is 1. The molecule has 3 aromatic rings. The Morgan fingerprint density at radius 3 is 2.60 bits per heavy atom. The smallest absolute Gasteiger partial charge is 0.267 e. The van der Waals surface area contributed by atoms with Gasteiger partial charge in [-0.2, -0.15) is 5.10 Å². The summed E-state index contributed by atoms with van der Waals surface area (Å²) in [5, 5.41) is 17.7. The highest BCUT2D eigenvalue weighted by atomic mass is 16.3. The van der Waals surface area contributed by atoms with Crippen LogP contribution in [-0.2, 0) is 11.3 Å². The van der Waals surface area contributed by atoms with E-state index in [0.29, 0.717) is 17.5 Å². The summed E-state index contributed by atoms with van der Waals surface area (Å²) in [5.41, 5.74) is 1.16. The van der Waals surface area contributed by atoms with Crippen molar-refractivity contribution < 1.29 is 9.90 Å².